The number of thiophene rings is 1. The number of carbonyl (C=O) groups excluding carboxylic acids is 1. The largest absolute Gasteiger partial charge is 0.425 e. The zero-order valence-corrected chi connectivity index (χ0v) is 15.6. The number of ether oxygens (including phenoxy) is 1. The third-order valence-corrected chi connectivity index (χ3v) is 4.98. The zero-order chi connectivity index (χ0) is 18.1. The molecule has 2 heterocycles. The number of fused-ring (bicyclic) bond motifs is 1. The van der Waals surface area contributed by atoms with Gasteiger partial charge in [-0.05, 0) is 63.0 Å². The minimum Gasteiger partial charge on any atom is -0.425 e. The summed E-state index contributed by atoms with van der Waals surface area (Å²) in [6.07, 6.45) is 0. The summed E-state index contributed by atoms with van der Waals surface area (Å²) in [7, 11) is 0. The summed E-state index contributed by atoms with van der Waals surface area (Å²) in [6, 6.07) is 14.7. The van der Waals surface area contributed by atoms with Crippen molar-refractivity contribution in [3.8, 4) is 10.8 Å². The van der Waals surface area contributed by atoms with Gasteiger partial charge in [-0.1, -0.05) is 28.1 Å². The van der Waals surface area contributed by atoms with Gasteiger partial charge in [-0.15, -0.1) is 11.3 Å². The van der Waals surface area contributed by atoms with Crippen LogP contribution in [0.4, 0.5) is 0 Å². The highest BCUT2D eigenvalue weighted by molar-refractivity contribution is 9.10. The summed E-state index contributed by atoms with van der Waals surface area (Å²) in [5, 5.41) is 11.9. The van der Waals surface area contributed by atoms with E-state index in [0.717, 1.165) is 24.6 Å². The van der Waals surface area contributed by atoms with Crippen LogP contribution in [-0.2, 0) is 11.3 Å². The quantitative estimate of drug-likeness (QED) is 0.367. The fraction of sp³-hybridized carbons (Fsp3) is 0.0588. The first-order chi connectivity index (χ1) is 12.6. The molecule has 9 heteroatoms. The van der Waals surface area contributed by atoms with Crippen molar-refractivity contribution in [3.05, 3.63) is 68.9 Å². The van der Waals surface area contributed by atoms with Gasteiger partial charge in [0, 0.05) is 4.47 Å². The van der Waals surface area contributed by atoms with Crippen LogP contribution >= 0.6 is 27.3 Å². The van der Waals surface area contributed by atoms with Crippen LogP contribution < -0.4 is 10.4 Å². The van der Waals surface area contributed by atoms with E-state index in [1.165, 1.54) is 11.3 Å². The van der Waals surface area contributed by atoms with Crippen LogP contribution in [0.15, 0.2) is 63.2 Å². The molecule has 0 atom stereocenters. The lowest BCUT2D eigenvalue weighted by atomic mass is 10.1. The second kappa shape index (κ2) is 6.85. The van der Waals surface area contributed by atoms with E-state index in [0.29, 0.717) is 10.8 Å². The maximum Gasteiger partial charge on any atom is 0.369 e. The number of esters is 1. The second-order valence-corrected chi connectivity index (χ2v) is 7.25. The number of nitrogens with zero attached hydrogens (tertiary/aromatic N) is 4. The van der Waals surface area contributed by atoms with Crippen LogP contribution in [-0.4, -0.2) is 25.8 Å². The van der Waals surface area contributed by atoms with Crippen LogP contribution in [0.1, 0.15) is 0 Å². The topological polar surface area (TPSA) is 79.0 Å². The van der Waals surface area contributed by atoms with Gasteiger partial charge in [-0.3, -0.25) is 0 Å². The predicted octanol–water partition coefficient (Wildman–Crippen LogP) is 3.01. The van der Waals surface area contributed by atoms with E-state index >= 15 is 0 Å². The molecule has 4 aromatic rings. The number of benzene rings is 2. The van der Waals surface area contributed by atoms with Gasteiger partial charge in [-0.25, -0.2) is 9.59 Å². The predicted molar refractivity (Wildman–Crippen MR) is 101 cm³/mol. The van der Waals surface area contributed by atoms with Crippen LogP contribution in [0, 0.1) is 0 Å². The molecular weight excluding hydrogens is 420 g/mol. The van der Waals surface area contributed by atoms with Gasteiger partial charge in [0.1, 0.15) is 17.3 Å². The molecule has 2 aromatic heterocycles. The van der Waals surface area contributed by atoms with Gasteiger partial charge in [-0.2, -0.15) is 9.36 Å². The van der Waals surface area contributed by atoms with Crippen molar-refractivity contribution in [1.82, 2.24) is 19.8 Å². The summed E-state index contributed by atoms with van der Waals surface area (Å²) in [5.74, 6) is -0.190. The van der Waals surface area contributed by atoms with Crippen molar-refractivity contribution in [3.63, 3.8) is 0 Å². The Balaban J connectivity index is 1.51. The number of carbonyl (C=O) groups is 1. The van der Waals surface area contributed by atoms with Crippen molar-refractivity contribution in [2.24, 2.45) is 0 Å². The lowest BCUT2D eigenvalue weighted by Gasteiger charge is -2.05. The molecule has 0 fully saturated rings. The Bertz CT molecular complexity index is 1150. The first-order valence-electron chi connectivity index (χ1n) is 7.57. The fourth-order valence-electron chi connectivity index (χ4n) is 2.45. The molecule has 0 aliphatic heterocycles. The summed E-state index contributed by atoms with van der Waals surface area (Å²) in [4.78, 5) is 24.4. The number of rotatable bonds is 4. The molecule has 0 saturated heterocycles. The average molecular weight is 431 g/mol. The lowest BCUT2D eigenvalue weighted by Crippen LogP contribution is -2.28. The number of tetrazole rings is 1. The second-order valence-electron chi connectivity index (χ2n) is 5.41. The molecule has 4 rings (SSSR count). The number of hydrogen-bond acceptors (Lipinski definition) is 6. The molecule has 7 nitrogen and oxygen atoms in total. The van der Waals surface area contributed by atoms with Crippen molar-refractivity contribution in [2.45, 2.75) is 6.54 Å². The van der Waals surface area contributed by atoms with Crippen LogP contribution in [0.5, 0.6) is 5.75 Å². The van der Waals surface area contributed by atoms with E-state index in [-0.39, 0.29) is 6.54 Å². The van der Waals surface area contributed by atoms with Crippen molar-refractivity contribution >= 4 is 44.0 Å². The van der Waals surface area contributed by atoms with Crippen LogP contribution in [0.2, 0.25) is 0 Å². The molecule has 0 bridgehead atoms. The molecular formula is C17H11BrN4O3S. The molecule has 0 amide bonds. The molecule has 0 aliphatic carbocycles. The maximum atomic E-state index is 12.3. The third kappa shape index (κ3) is 3.31. The summed E-state index contributed by atoms with van der Waals surface area (Å²) < 4.78 is 8.42. The van der Waals surface area contributed by atoms with Gasteiger partial charge in [0.25, 0.3) is 0 Å². The standard InChI is InChI=1S/C17H11BrN4O3S/c18-13-5-3-12-9-14(6-4-11(12)8-13)25-16(23)10-21-17(24)22(20-19-21)15-2-1-7-26-15/h1-9H,10H2. The summed E-state index contributed by atoms with van der Waals surface area (Å²) in [6.45, 7) is -0.317. The van der Waals surface area contributed by atoms with Crippen molar-refractivity contribution in [2.75, 3.05) is 0 Å². The first kappa shape index (κ1) is 16.7. The third-order valence-electron chi connectivity index (χ3n) is 3.64. The molecule has 26 heavy (non-hydrogen) atoms. The van der Waals surface area contributed by atoms with Gasteiger partial charge >= 0.3 is 11.7 Å². The summed E-state index contributed by atoms with van der Waals surface area (Å²) in [5.41, 5.74) is -0.493. The Morgan fingerprint density at radius 3 is 2.73 bits per heavy atom. The zero-order valence-electron chi connectivity index (χ0n) is 13.2. The molecule has 0 aliphatic rings. The highest BCUT2D eigenvalue weighted by Gasteiger charge is 2.14. The minimum absolute atomic E-state index is 0.317. The van der Waals surface area contributed by atoms with Crippen molar-refractivity contribution < 1.29 is 9.53 Å². The van der Waals surface area contributed by atoms with E-state index in [4.69, 9.17) is 4.74 Å². The number of aromatic nitrogens is 4. The van der Waals surface area contributed by atoms with E-state index < -0.39 is 11.7 Å². The lowest BCUT2D eigenvalue weighted by molar-refractivity contribution is -0.135. The monoisotopic (exact) mass is 430 g/mol. The van der Waals surface area contributed by atoms with E-state index in [1.54, 1.807) is 24.3 Å². The number of hydrogen-bond donors (Lipinski definition) is 0. The molecule has 130 valence electrons. The molecule has 0 radical (unpaired) electrons. The SMILES string of the molecule is O=C(Cn1nnn(-c2cccs2)c1=O)Oc1ccc2cc(Br)ccc2c1. The smallest absolute Gasteiger partial charge is 0.369 e. The molecule has 0 saturated carbocycles. The normalized spacial score (nSPS) is 11.0. The maximum absolute atomic E-state index is 12.3. The fourth-order valence-corrected chi connectivity index (χ4v) is 3.49. The van der Waals surface area contributed by atoms with Gasteiger partial charge in [0.05, 0.1) is 0 Å². The van der Waals surface area contributed by atoms with Crippen LogP contribution in [0.3, 0.4) is 0 Å². The van der Waals surface area contributed by atoms with Crippen LogP contribution in [0.25, 0.3) is 15.8 Å². The number of halogens is 1. The molecule has 0 N–H and O–H groups in total. The minimum atomic E-state index is -0.596. The van der Waals surface area contributed by atoms with Gasteiger partial charge in [0.15, 0.2) is 0 Å². The van der Waals surface area contributed by atoms with E-state index in [1.807, 2.05) is 29.6 Å². The Morgan fingerprint density at radius 1 is 1.12 bits per heavy atom. The Morgan fingerprint density at radius 2 is 1.92 bits per heavy atom. The first-order valence-corrected chi connectivity index (χ1v) is 9.24. The van der Waals surface area contributed by atoms with Crippen molar-refractivity contribution in [1.29, 1.82) is 0 Å². The highest BCUT2D eigenvalue weighted by atomic mass is 79.9. The summed E-state index contributed by atoms with van der Waals surface area (Å²) >= 11 is 4.77. The Labute approximate surface area is 159 Å². The average Bonchev–Trinajstić information content (AvgIpc) is 3.26. The molecule has 0 unspecified atom stereocenters. The van der Waals surface area contributed by atoms with E-state index in [2.05, 4.69) is 26.4 Å². The highest BCUT2D eigenvalue weighted by Crippen LogP contribution is 2.24. The van der Waals surface area contributed by atoms with E-state index in [9.17, 15) is 9.59 Å². The molecule has 2 aromatic carbocycles. The Kier molecular flexibility index (Phi) is 4.39. The van der Waals surface area contributed by atoms with Gasteiger partial charge < -0.3 is 4.74 Å². The Hall–Kier alpha value is -2.78. The molecule has 0 spiro atoms. The van der Waals surface area contributed by atoms with Gasteiger partial charge in [0.2, 0.25) is 0 Å².